The van der Waals surface area contributed by atoms with Gasteiger partial charge in [0.1, 0.15) is 5.75 Å². The Morgan fingerprint density at radius 1 is 1.00 bits per heavy atom. The first kappa shape index (κ1) is 17.6. The number of aromatic hydroxyl groups is 1. The van der Waals surface area contributed by atoms with Crippen LogP contribution in [0, 0.1) is 0 Å². The Hall–Kier alpha value is -0.500. The summed E-state index contributed by atoms with van der Waals surface area (Å²) in [5.74, 6) is 0.463. The van der Waals surface area contributed by atoms with E-state index in [1.165, 1.54) is 5.56 Å². The summed E-state index contributed by atoms with van der Waals surface area (Å²) in [6.45, 7) is 15.1. The second-order valence-corrected chi connectivity index (χ2v) is 8.83. The minimum Gasteiger partial charge on any atom is -0.507 e. The third-order valence-corrected chi connectivity index (χ3v) is 4.64. The lowest BCUT2D eigenvalue weighted by atomic mass is 9.78. The third kappa shape index (κ3) is 4.00. The van der Waals surface area contributed by atoms with E-state index in [-0.39, 0.29) is 10.8 Å². The van der Waals surface area contributed by atoms with Crippen LogP contribution in [0.2, 0.25) is 0 Å². The molecule has 0 aromatic heterocycles. The van der Waals surface area contributed by atoms with E-state index in [9.17, 15) is 5.11 Å². The zero-order chi connectivity index (χ0) is 15.7. The third-order valence-electron chi connectivity index (χ3n) is 3.65. The molecule has 1 rings (SSSR count). The number of phenolic OH excluding ortho intramolecular Hbond substituents is 1. The van der Waals surface area contributed by atoms with Gasteiger partial charge in [-0.1, -0.05) is 82.9 Å². The van der Waals surface area contributed by atoms with Crippen LogP contribution in [0.4, 0.5) is 0 Å². The molecule has 1 unspecified atom stereocenters. The van der Waals surface area contributed by atoms with E-state index in [0.29, 0.717) is 10.6 Å². The molecule has 20 heavy (non-hydrogen) atoms. The molecular formula is C18H29BrO. The molecular weight excluding hydrogens is 312 g/mol. The van der Waals surface area contributed by atoms with Crippen molar-refractivity contribution in [3.8, 4) is 5.75 Å². The average Bonchev–Trinajstić information content (AvgIpc) is 2.26. The predicted molar refractivity (Wildman–Crippen MR) is 92.1 cm³/mol. The van der Waals surface area contributed by atoms with Gasteiger partial charge in [0.05, 0.1) is 0 Å². The number of halogens is 1. The predicted octanol–water partition coefficient (Wildman–Crippen LogP) is 6.22. The largest absolute Gasteiger partial charge is 0.507 e. The van der Waals surface area contributed by atoms with Gasteiger partial charge in [0.25, 0.3) is 0 Å². The van der Waals surface area contributed by atoms with E-state index < -0.39 is 0 Å². The zero-order valence-electron chi connectivity index (χ0n) is 14.0. The number of rotatable bonds is 3. The zero-order valence-corrected chi connectivity index (χ0v) is 15.6. The number of benzene rings is 1. The van der Waals surface area contributed by atoms with Crippen LogP contribution in [0.1, 0.15) is 82.8 Å². The number of alkyl halides is 1. The van der Waals surface area contributed by atoms with Crippen LogP contribution >= 0.6 is 15.9 Å². The van der Waals surface area contributed by atoms with E-state index in [4.69, 9.17) is 0 Å². The lowest BCUT2D eigenvalue weighted by molar-refractivity contribution is 0.422. The Bertz CT molecular complexity index is 428. The Balaban J connectivity index is 3.50. The first-order chi connectivity index (χ1) is 8.98. The number of hydrogen-bond acceptors (Lipinski definition) is 1. The van der Waals surface area contributed by atoms with E-state index in [2.05, 4.69) is 76.5 Å². The topological polar surface area (TPSA) is 20.2 Å². The van der Waals surface area contributed by atoms with Gasteiger partial charge in [-0.05, 0) is 33.9 Å². The molecule has 1 atom stereocenters. The van der Waals surface area contributed by atoms with Crippen molar-refractivity contribution in [2.24, 2.45) is 0 Å². The highest BCUT2D eigenvalue weighted by atomic mass is 79.9. The van der Waals surface area contributed by atoms with Crippen molar-refractivity contribution in [3.05, 3.63) is 28.8 Å². The molecule has 1 nitrogen and oxygen atoms in total. The molecule has 1 aromatic carbocycles. The molecule has 0 bridgehead atoms. The fourth-order valence-corrected chi connectivity index (χ4v) is 3.12. The van der Waals surface area contributed by atoms with Crippen molar-refractivity contribution in [1.29, 1.82) is 0 Å². The summed E-state index contributed by atoms with van der Waals surface area (Å²) in [6.07, 6.45) is 2.25. The van der Waals surface area contributed by atoms with Crippen LogP contribution in [0.25, 0.3) is 0 Å². The van der Waals surface area contributed by atoms with Crippen molar-refractivity contribution in [1.82, 2.24) is 0 Å². The van der Waals surface area contributed by atoms with E-state index >= 15 is 0 Å². The SMILES string of the molecule is CCCC(Br)c1cc(C(C)(C)C)c(O)c(C(C)(C)C)c1. The van der Waals surface area contributed by atoms with Crippen LogP contribution in [-0.4, -0.2) is 5.11 Å². The second-order valence-electron chi connectivity index (χ2n) is 7.72. The molecule has 0 saturated heterocycles. The average molecular weight is 341 g/mol. The molecule has 1 N–H and O–H groups in total. The van der Waals surface area contributed by atoms with Gasteiger partial charge in [-0.15, -0.1) is 0 Å². The Labute approximate surface area is 132 Å². The summed E-state index contributed by atoms with van der Waals surface area (Å²) >= 11 is 3.79. The summed E-state index contributed by atoms with van der Waals surface area (Å²) in [6, 6.07) is 4.33. The highest BCUT2D eigenvalue weighted by Crippen LogP contribution is 2.42. The van der Waals surface area contributed by atoms with Crippen LogP contribution in [0.5, 0.6) is 5.75 Å². The van der Waals surface area contributed by atoms with Crippen LogP contribution in [0.3, 0.4) is 0 Å². The van der Waals surface area contributed by atoms with Gasteiger partial charge in [-0.3, -0.25) is 0 Å². The lowest BCUT2D eigenvalue weighted by Crippen LogP contribution is -2.18. The molecule has 0 amide bonds. The molecule has 0 aliphatic carbocycles. The highest BCUT2D eigenvalue weighted by molar-refractivity contribution is 9.09. The first-order valence-corrected chi connectivity index (χ1v) is 8.42. The molecule has 0 aliphatic rings. The van der Waals surface area contributed by atoms with E-state index in [1.54, 1.807) is 0 Å². The smallest absolute Gasteiger partial charge is 0.123 e. The van der Waals surface area contributed by atoms with E-state index in [1.807, 2.05) is 0 Å². The fourth-order valence-electron chi connectivity index (χ4n) is 2.40. The molecule has 0 fully saturated rings. The summed E-state index contributed by atoms with van der Waals surface area (Å²) in [5, 5.41) is 10.7. The fraction of sp³-hybridized carbons (Fsp3) is 0.667. The molecule has 0 aliphatic heterocycles. The van der Waals surface area contributed by atoms with Crippen molar-refractivity contribution < 1.29 is 5.11 Å². The molecule has 0 radical (unpaired) electrons. The summed E-state index contributed by atoms with van der Waals surface area (Å²) in [4.78, 5) is 0.357. The maximum atomic E-state index is 10.7. The van der Waals surface area contributed by atoms with Crippen molar-refractivity contribution in [2.45, 2.75) is 77.0 Å². The van der Waals surface area contributed by atoms with Crippen LogP contribution < -0.4 is 0 Å². The maximum Gasteiger partial charge on any atom is 0.123 e. The Morgan fingerprint density at radius 2 is 1.40 bits per heavy atom. The van der Waals surface area contributed by atoms with Gasteiger partial charge in [0, 0.05) is 4.83 Å². The molecule has 1 aromatic rings. The normalized spacial score (nSPS) is 14.4. The van der Waals surface area contributed by atoms with Crippen LogP contribution in [0.15, 0.2) is 12.1 Å². The van der Waals surface area contributed by atoms with Gasteiger partial charge in [-0.25, -0.2) is 0 Å². The van der Waals surface area contributed by atoms with Gasteiger partial charge in [0.2, 0.25) is 0 Å². The highest BCUT2D eigenvalue weighted by Gasteiger charge is 2.27. The minimum atomic E-state index is -0.0565. The molecule has 0 saturated carbocycles. The molecule has 2 heteroatoms. The monoisotopic (exact) mass is 340 g/mol. The Kier molecular flexibility index (Phi) is 5.34. The molecule has 0 spiro atoms. The maximum absolute atomic E-state index is 10.7. The second kappa shape index (κ2) is 6.09. The van der Waals surface area contributed by atoms with E-state index in [0.717, 1.165) is 24.0 Å². The molecule has 0 heterocycles. The minimum absolute atomic E-state index is 0.0565. The lowest BCUT2D eigenvalue weighted by Gasteiger charge is -2.29. The van der Waals surface area contributed by atoms with Crippen LogP contribution in [-0.2, 0) is 10.8 Å². The number of phenols is 1. The standard InChI is InChI=1S/C18H29BrO/c1-8-9-15(19)12-10-13(17(2,3)4)16(20)14(11-12)18(5,6)7/h10-11,15,20H,8-9H2,1-7H3. The molecule has 114 valence electrons. The summed E-state index contributed by atoms with van der Waals surface area (Å²) in [7, 11) is 0. The van der Waals surface area contributed by atoms with Crippen molar-refractivity contribution in [2.75, 3.05) is 0 Å². The summed E-state index contributed by atoms with van der Waals surface area (Å²) < 4.78 is 0. The van der Waals surface area contributed by atoms with Gasteiger partial charge in [-0.2, -0.15) is 0 Å². The van der Waals surface area contributed by atoms with Crippen molar-refractivity contribution in [3.63, 3.8) is 0 Å². The number of hydrogen-bond donors (Lipinski definition) is 1. The Morgan fingerprint density at radius 3 is 1.70 bits per heavy atom. The van der Waals surface area contributed by atoms with Gasteiger partial charge < -0.3 is 5.11 Å². The van der Waals surface area contributed by atoms with Crippen molar-refractivity contribution >= 4 is 15.9 Å². The first-order valence-electron chi connectivity index (χ1n) is 7.50. The van der Waals surface area contributed by atoms with Gasteiger partial charge in [0.15, 0.2) is 0 Å². The summed E-state index contributed by atoms with van der Waals surface area (Å²) in [5.41, 5.74) is 3.25. The quantitative estimate of drug-likeness (QED) is 0.647. The van der Waals surface area contributed by atoms with Gasteiger partial charge >= 0.3 is 0 Å².